The molecule has 0 saturated heterocycles. The topological polar surface area (TPSA) is 71.3 Å². The van der Waals surface area contributed by atoms with Gasteiger partial charge in [0.05, 0.1) is 0 Å². The standard InChI is InChI=1S/C13H19N5O/c1-3-5-15-13(19)4-6-14-11-7-10(2)8-12-16-9-17-18(11)12/h7-9,14H,3-6H2,1-2H3,(H,15,19). The molecule has 1 amide bonds. The predicted molar refractivity (Wildman–Crippen MR) is 74.1 cm³/mol. The molecule has 0 fully saturated rings. The fraction of sp³-hybridized carbons (Fsp3) is 0.462. The number of nitrogens with one attached hydrogen (secondary N) is 2. The van der Waals surface area contributed by atoms with E-state index in [0.29, 0.717) is 13.0 Å². The van der Waals surface area contributed by atoms with Gasteiger partial charge in [-0.2, -0.15) is 9.61 Å². The Morgan fingerprint density at radius 1 is 1.37 bits per heavy atom. The van der Waals surface area contributed by atoms with Gasteiger partial charge in [-0.15, -0.1) is 0 Å². The molecular formula is C13H19N5O. The molecule has 0 aliphatic carbocycles. The van der Waals surface area contributed by atoms with Crippen LogP contribution in [0, 0.1) is 6.92 Å². The Kier molecular flexibility index (Phi) is 4.33. The molecule has 102 valence electrons. The Bertz CT molecular complexity index is 563. The molecule has 0 aromatic carbocycles. The molecule has 2 N–H and O–H groups in total. The molecule has 0 saturated carbocycles. The van der Waals surface area contributed by atoms with E-state index in [-0.39, 0.29) is 5.91 Å². The summed E-state index contributed by atoms with van der Waals surface area (Å²) in [5.74, 6) is 0.924. The summed E-state index contributed by atoms with van der Waals surface area (Å²) >= 11 is 0. The van der Waals surface area contributed by atoms with Gasteiger partial charge >= 0.3 is 0 Å². The number of carbonyl (C=O) groups is 1. The van der Waals surface area contributed by atoms with E-state index in [1.54, 1.807) is 4.52 Å². The summed E-state index contributed by atoms with van der Waals surface area (Å²) in [7, 11) is 0. The number of fused-ring (bicyclic) bond motifs is 1. The molecule has 6 heteroatoms. The van der Waals surface area contributed by atoms with E-state index < -0.39 is 0 Å². The zero-order valence-corrected chi connectivity index (χ0v) is 11.3. The molecule has 0 aliphatic heterocycles. The van der Waals surface area contributed by atoms with Gasteiger partial charge in [0.2, 0.25) is 5.91 Å². The monoisotopic (exact) mass is 261 g/mol. The smallest absolute Gasteiger partial charge is 0.221 e. The lowest BCUT2D eigenvalue weighted by atomic mass is 10.3. The highest BCUT2D eigenvalue weighted by Gasteiger charge is 2.05. The zero-order valence-electron chi connectivity index (χ0n) is 11.3. The van der Waals surface area contributed by atoms with Crippen molar-refractivity contribution < 1.29 is 4.79 Å². The van der Waals surface area contributed by atoms with Crippen LogP contribution in [0.5, 0.6) is 0 Å². The van der Waals surface area contributed by atoms with Crippen LogP contribution in [0.2, 0.25) is 0 Å². The van der Waals surface area contributed by atoms with Gasteiger partial charge in [-0.05, 0) is 31.0 Å². The maximum Gasteiger partial charge on any atom is 0.221 e. The predicted octanol–water partition coefficient (Wildman–Crippen LogP) is 1.37. The molecule has 0 atom stereocenters. The minimum absolute atomic E-state index is 0.0665. The summed E-state index contributed by atoms with van der Waals surface area (Å²) in [6.07, 6.45) is 2.93. The first-order valence-electron chi connectivity index (χ1n) is 6.51. The summed E-state index contributed by atoms with van der Waals surface area (Å²) in [5, 5.41) is 10.2. The van der Waals surface area contributed by atoms with Crippen molar-refractivity contribution >= 4 is 17.4 Å². The van der Waals surface area contributed by atoms with Crippen molar-refractivity contribution in [1.29, 1.82) is 0 Å². The maximum absolute atomic E-state index is 11.5. The van der Waals surface area contributed by atoms with E-state index in [0.717, 1.165) is 30.0 Å². The number of aromatic nitrogens is 3. The van der Waals surface area contributed by atoms with Crippen molar-refractivity contribution in [1.82, 2.24) is 19.9 Å². The SMILES string of the molecule is CCCNC(=O)CCNc1cc(C)cc2ncnn12. The van der Waals surface area contributed by atoms with Crippen molar-refractivity contribution in [3.63, 3.8) is 0 Å². The second-order valence-corrected chi connectivity index (χ2v) is 4.47. The fourth-order valence-corrected chi connectivity index (χ4v) is 1.84. The second-order valence-electron chi connectivity index (χ2n) is 4.47. The lowest BCUT2D eigenvalue weighted by molar-refractivity contribution is -0.120. The Morgan fingerprint density at radius 3 is 3.00 bits per heavy atom. The van der Waals surface area contributed by atoms with E-state index in [9.17, 15) is 4.79 Å². The maximum atomic E-state index is 11.5. The first kappa shape index (κ1) is 13.3. The van der Waals surface area contributed by atoms with Gasteiger partial charge in [0, 0.05) is 19.5 Å². The van der Waals surface area contributed by atoms with Crippen LogP contribution >= 0.6 is 0 Å². The number of pyridine rings is 1. The molecule has 0 radical (unpaired) electrons. The first-order chi connectivity index (χ1) is 9.20. The van der Waals surface area contributed by atoms with Gasteiger partial charge in [-0.3, -0.25) is 4.79 Å². The van der Waals surface area contributed by atoms with Crippen molar-refractivity contribution in [3.05, 3.63) is 24.0 Å². The fourth-order valence-electron chi connectivity index (χ4n) is 1.84. The lowest BCUT2D eigenvalue weighted by Crippen LogP contribution is -2.26. The quantitative estimate of drug-likeness (QED) is 0.823. The van der Waals surface area contributed by atoms with Crippen LogP contribution in [0.3, 0.4) is 0 Å². The van der Waals surface area contributed by atoms with E-state index in [1.807, 2.05) is 26.0 Å². The van der Waals surface area contributed by atoms with E-state index in [1.165, 1.54) is 6.33 Å². The summed E-state index contributed by atoms with van der Waals surface area (Å²) in [4.78, 5) is 15.6. The molecule has 0 aliphatic rings. The van der Waals surface area contributed by atoms with Gasteiger partial charge < -0.3 is 10.6 Å². The van der Waals surface area contributed by atoms with Crippen LogP contribution in [0.1, 0.15) is 25.3 Å². The van der Waals surface area contributed by atoms with Crippen LogP contribution in [-0.2, 0) is 4.79 Å². The summed E-state index contributed by atoms with van der Waals surface area (Å²) < 4.78 is 1.73. The summed E-state index contributed by atoms with van der Waals surface area (Å²) in [6.45, 7) is 5.35. The van der Waals surface area contributed by atoms with Crippen LogP contribution in [0.15, 0.2) is 18.5 Å². The number of hydrogen-bond acceptors (Lipinski definition) is 4. The Morgan fingerprint density at radius 2 is 2.21 bits per heavy atom. The Balaban J connectivity index is 1.94. The van der Waals surface area contributed by atoms with Crippen LogP contribution < -0.4 is 10.6 Å². The molecule has 19 heavy (non-hydrogen) atoms. The highest BCUT2D eigenvalue weighted by molar-refractivity contribution is 5.76. The molecule has 2 rings (SSSR count). The highest BCUT2D eigenvalue weighted by Crippen LogP contribution is 2.12. The summed E-state index contributed by atoms with van der Waals surface area (Å²) in [5.41, 5.74) is 1.91. The largest absolute Gasteiger partial charge is 0.369 e. The number of amides is 1. The van der Waals surface area contributed by atoms with Crippen LogP contribution in [-0.4, -0.2) is 33.6 Å². The zero-order chi connectivity index (χ0) is 13.7. The van der Waals surface area contributed by atoms with Crippen molar-refractivity contribution in [2.75, 3.05) is 18.4 Å². The second kappa shape index (κ2) is 6.17. The molecule has 6 nitrogen and oxygen atoms in total. The van der Waals surface area contributed by atoms with Crippen molar-refractivity contribution in [3.8, 4) is 0 Å². The number of aryl methyl sites for hydroxylation is 1. The van der Waals surface area contributed by atoms with Gasteiger partial charge in [0.25, 0.3) is 0 Å². The van der Waals surface area contributed by atoms with E-state index in [2.05, 4.69) is 20.7 Å². The molecule has 2 aromatic rings. The van der Waals surface area contributed by atoms with Crippen LogP contribution in [0.25, 0.3) is 5.65 Å². The third-order valence-corrected chi connectivity index (χ3v) is 2.75. The molecule has 0 unspecified atom stereocenters. The number of nitrogens with zero attached hydrogens (tertiary/aromatic N) is 3. The number of hydrogen-bond donors (Lipinski definition) is 2. The summed E-state index contributed by atoms with van der Waals surface area (Å²) in [6, 6.07) is 3.96. The Hall–Kier alpha value is -2.11. The molecule has 0 bridgehead atoms. The first-order valence-corrected chi connectivity index (χ1v) is 6.51. The van der Waals surface area contributed by atoms with E-state index >= 15 is 0 Å². The average molecular weight is 261 g/mol. The highest BCUT2D eigenvalue weighted by atomic mass is 16.1. The van der Waals surface area contributed by atoms with Gasteiger partial charge in [0.15, 0.2) is 5.65 Å². The molecule has 2 aromatic heterocycles. The normalized spacial score (nSPS) is 10.6. The van der Waals surface area contributed by atoms with Crippen LogP contribution in [0.4, 0.5) is 5.82 Å². The number of rotatable bonds is 6. The minimum Gasteiger partial charge on any atom is -0.369 e. The molecular weight excluding hydrogens is 242 g/mol. The Labute approximate surface area is 112 Å². The van der Waals surface area contributed by atoms with E-state index in [4.69, 9.17) is 0 Å². The third kappa shape index (κ3) is 3.43. The molecule has 0 spiro atoms. The average Bonchev–Trinajstić information content (AvgIpc) is 2.84. The number of anilines is 1. The van der Waals surface area contributed by atoms with Gasteiger partial charge in [-0.1, -0.05) is 6.92 Å². The van der Waals surface area contributed by atoms with Crippen molar-refractivity contribution in [2.45, 2.75) is 26.7 Å². The van der Waals surface area contributed by atoms with Gasteiger partial charge in [-0.25, -0.2) is 4.98 Å². The van der Waals surface area contributed by atoms with Crippen molar-refractivity contribution in [2.24, 2.45) is 0 Å². The minimum atomic E-state index is 0.0665. The van der Waals surface area contributed by atoms with Gasteiger partial charge in [0.1, 0.15) is 12.1 Å². The molecule has 2 heterocycles. The lowest BCUT2D eigenvalue weighted by Gasteiger charge is -2.09. The third-order valence-electron chi connectivity index (χ3n) is 2.75. The number of carbonyl (C=O) groups excluding carboxylic acids is 1.